The molecule has 0 aromatic carbocycles. The van der Waals surface area contributed by atoms with E-state index < -0.39 is 12.0 Å². The number of likely N-dealkylation sites (tertiary alicyclic amines) is 1. The van der Waals surface area contributed by atoms with E-state index in [4.69, 9.17) is 5.21 Å². The van der Waals surface area contributed by atoms with Crippen LogP contribution in [0.2, 0.25) is 0 Å². The minimum atomic E-state index is -1.02. The number of piperidine rings is 1. The smallest absolute Gasteiger partial charge is 0.413 e. The van der Waals surface area contributed by atoms with Gasteiger partial charge in [0.15, 0.2) is 0 Å². The molecular weight excluding hydrogens is 398 g/mol. The molecule has 1 atom stereocenters. The number of hydrogen-bond donors (Lipinski definition) is 4. The Labute approximate surface area is 183 Å². The molecule has 0 spiro atoms. The van der Waals surface area contributed by atoms with E-state index in [0.717, 1.165) is 25.8 Å². The molecule has 0 bridgehead atoms. The monoisotopic (exact) mass is 431 g/mol. The fourth-order valence-corrected chi connectivity index (χ4v) is 5.13. The van der Waals surface area contributed by atoms with Crippen LogP contribution in [0.25, 0.3) is 6.08 Å². The lowest BCUT2D eigenvalue weighted by Gasteiger charge is -2.49. The predicted molar refractivity (Wildman–Crippen MR) is 118 cm³/mol. The highest BCUT2D eigenvalue weighted by Gasteiger charge is 2.43. The van der Waals surface area contributed by atoms with E-state index in [9.17, 15) is 14.7 Å². The lowest BCUT2D eigenvalue weighted by Crippen LogP contribution is -2.62. The van der Waals surface area contributed by atoms with Gasteiger partial charge in [0.05, 0.1) is 6.04 Å². The second-order valence-corrected chi connectivity index (χ2v) is 9.80. The summed E-state index contributed by atoms with van der Waals surface area (Å²) in [6.07, 6.45) is 5.96. The molecule has 9 heteroatoms. The summed E-state index contributed by atoms with van der Waals surface area (Å²) in [5.74, 6) is -0.277. The summed E-state index contributed by atoms with van der Waals surface area (Å²) in [4.78, 5) is 31.3. The van der Waals surface area contributed by atoms with Crippen molar-refractivity contribution in [3.05, 3.63) is 30.0 Å². The average Bonchev–Trinajstić information content (AvgIpc) is 3.14. The van der Waals surface area contributed by atoms with E-state index in [1.807, 2.05) is 0 Å². The van der Waals surface area contributed by atoms with Gasteiger partial charge in [-0.3, -0.25) is 19.8 Å². The van der Waals surface area contributed by atoms with Crippen LogP contribution in [0, 0.1) is 0 Å². The van der Waals surface area contributed by atoms with Crippen LogP contribution >= 0.6 is 0 Å². The number of carbonyl (C=O) groups is 2. The molecule has 2 fully saturated rings. The molecule has 2 aliphatic heterocycles. The van der Waals surface area contributed by atoms with Crippen LogP contribution in [0.1, 0.15) is 52.5 Å². The van der Waals surface area contributed by atoms with Crippen molar-refractivity contribution in [2.45, 2.75) is 70.1 Å². The van der Waals surface area contributed by atoms with Crippen molar-refractivity contribution >= 4 is 23.9 Å². The van der Waals surface area contributed by atoms with Gasteiger partial charge in [-0.2, -0.15) is 0 Å². The Hall–Kier alpha value is -2.49. The fourth-order valence-electron chi connectivity index (χ4n) is 5.13. The molecule has 1 aromatic rings. The first-order valence-electron chi connectivity index (χ1n) is 10.6. The Morgan fingerprint density at radius 3 is 2.48 bits per heavy atom. The van der Waals surface area contributed by atoms with Crippen molar-refractivity contribution in [1.82, 2.24) is 20.7 Å². The Kier molecular flexibility index (Phi) is 6.68. The zero-order valence-corrected chi connectivity index (χ0v) is 18.6. The largest absolute Gasteiger partial charge is 0.465 e. The van der Waals surface area contributed by atoms with Crippen LogP contribution < -0.4 is 15.7 Å². The first-order valence-corrected chi connectivity index (χ1v) is 10.6. The third-order valence-electron chi connectivity index (χ3n) is 6.01. The Bertz CT molecular complexity index is 821. The predicted octanol–water partition coefficient (Wildman–Crippen LogP) is 2.47. The quantitative estimate of drug-likeness (QED) is 0.321. The number of hydroxylamine groups is 1. The van der Waals surface area contributed by atoms with Crippen LogP contribution in [0.3, 0.4) is 0 Å². The van der Waals surface area contributed by atoms with E-state index in [2.05, 4.69) is 42.9 Å². The Morgan fingerprint density at radius 2 is 1.94 bits per heavy atom. The fraction of sp³-hybridized carbons (Fsp3) is 0.591. The van der Waals surface area contributed by atoms with Crippen molar-refractivity contribution in [2.75, 3.05) is 18.0 Å². The zero-order chi connectivity index (χ0) is 22.8. The maximum absolute atomic E-state index is 12.1. The number of hydrogen-bond acceptors (Lipinski definition) is 6. The van der Waals surface area contributed by atoms with Crippen LogP contribution in [0.15, 0.2) is 24.4 Å². The lowest BCUT2D eigenvalue weighted by atomic mass is 9.79. The summed E-state index contributed by atoms with van der Waals surface area (Å²) in [6.45, 7) is 10.4. The van der Waals surface area contributed by atoms with E-state index >= 15 is 0 Å². The van der Waals surface area contributed by atoms with E-state index in [1.165, 1.54) is 28.7 Å². The molecule has 2 amide bonds. The third kappa shape index (κ3) is 5.81. The van der Waals surface area contributed by atoms with Crippen molar-refractivity contribution in [1.29, 1.82) is 0 Å². The molecule has 1 aromatic heterocycles. The molecular formula is C22H33N5O4. The first kappa shape index (κ1) is 23.2. The van der Waals surface area contributed by atoms with Crippen molar-refractivity contribution in [3.63, 3.8) is 0 Å². The summed E-state index contributed by atoms with van der Waals surface area (Å²) in [5, 5.41) is 22.1. The molecule has 2 aliphatic rings. The molecule has 4 N–H and O–H groups in total. The molecule has 3 heterocycles. The standard InChI is InChI=1S/C22H33N5O4/c1-21(2)11-17(12-22(3,4)25-21)26-10-9-16(14-26)27(20(29)30)18-7-5-15(13-23-18)6-8-19(28)24-31/h5-8,13,16-17,25,31H,9-12,14H2,1-4H3,(H,24,28)(H,29,30)/t16-/m1/s1. The molecule has 0 radical (unpaired) electrons. The van der Waals surface area contributed by atoms with Crippen LogP contribution in [-0.4, -0.2) is 68.4 Å². The van der Waals surface area contributed by atoms with E-state index in [1.54, 1.807) is 12.1 Å². The number of pyridine rings is 1. The number of carboxylic acid groups (broad SMARTS) is 1. The highest BCUT2D eigenvalue weighted by atomic mass is 16.5. The highest BCUT2D eigenvalue weighted by Crippen LogP contribution is 2.34. The second kappa shape index (κ2) is 8.94. The molecule has 0 unspecified atom stereocenters. The Morgan fingerprint density at radius 1 is 1.26 bits per heavy atom. The van der Waals surface area contributed by atoms with Crippen molar-refractivity contribution < 1.29 is 19.9 Å². The van der Waals surface area contributed by atoms with Crippen LogP contribution in [-0.2, 0) is 4.79 Å². The Balaban J connectivity index is 1.71. The number of rotatable bonds is 5. The van der Waals surface area contributed by atoms with E-state index in [-0.39, 0.29) is 17.1 Å². The highest BCUT2D eigenvalue weighted by molar-refractivity contribution is 5.91. The van der Waals surface area contributed by atoms with Gasteiger partial charge in [0.2, 0.25) is 0 Å². The number of anilines is 1. The normalized spacial score (nSPS) is 23.7. The minimum Gasteiger partial charge on any atom is -0.465 e. The average molecular weight is 432 g/mol. The van der Waals surface area contributed by atoms with Crippen molar-refractivity contribution in [2.24, 2.45) is 0 Å². The van der Waals surface area contributed by atoms with Gasteiger partial charge in [-0.15, -0.1) is 0 Å². The molecule has 2 saturated heterocycles. The number of amides is 2. The summed E-state index contributed by atoms with van der Waals surface area (Å²) >= 11 is 0. The summed E-state index contributed by atoms with van der Waals surface area (Å²) in [5.41, 5.74) is 2.22. The van der Waals surface area contributed by atoms with Crippen LogP contribution in [0.4, 0.5) is 10.6 Å². The maximum atomic E-state index is 12.1. The van der Waals surface area contributed by atoms with Gasteiger partial charge in [-0.05, 0) is 70.7 Å². The number of nitrogens with one attached hydrogen (secondary N) is 2. The van der Waals surface area contributed by atoms with E-state index in [0.29, 0.717) is 24.0 Å². The van der Waals surface area contributed by atoms with Crippen LogP contribution in [0.5, 0.6) is 0 Å². The van der Waals surface area contributed by atoms with Gasteiger partial charge in [-0.25, -0.2) is 15.3 Å². The SMILES string of the molecule is CC1(C)CC(N2CC[C@@H](N(C(=O)O)c3ccc(C=CC(=O)NO)cn3)C2)CC(C)(C)N1. The molecule has 3 rings (SSSR count). The third-order valence-corrected chi connectivity index (χ3v) is 6.01. The summed E-state index contributed by atoms with van der Waals surface area (Å²) in [6, 6.07) is 3.59. The minimum absolute atomic E-state index is 0.0365. The second-order valence-electron chi connectivity index (χ2n) is 9.80. The molecule has 0 saturated carbocycles. The van der Waals surface area contributed by atoms with Gasteiger partial charge in [-0.1, -0.05) is 0 Å². The number of carbonyl (C=O) groups excluding carboxylic acids is 1. The van der Waals surface area contributed by atoms with Crippen molar-refractivity contribution in [3.8, 4) is 0 Å². The number of nitrogens with zero attached hydrogens (tertiary/aromatic N) is 3. The summed E-state index contributed by atoms with van der Waals surface area (Å²) < 4.78 is 0. The van der Waals surface area contributed by atoms with Gasteiger partial charge >= 0.3 is 6.09 Å². The van der Waals surface area contributed by atoms with Gasteiger partial charge in [0, 0.05) is 42.5 Å². The number of aromatic nitrogens is 1. The summed E-state index contributed by atoms with van der Waals surface area (Å²) in [7, 11) is 0. The maximum Gasteiger partial charge on any atom is 0.413 e. The molecule has 31 heavy (non-hydrogen) atoms. The lowest BCUT2D eigenvalue weighted by molar-refractivity contribution is -0.124. The molecule has 9 nitrogen and oxygen atoms in total. The van der Waals surface area contributed by atoms with Gasteiger partial charge in [0.25, 0.3) is 5.91 Å². The first-order chi connectivity index (χ1) is 14.5. The van der Waals surface area contributed by atoms with Gasteiger partial charge < -0.3 is 10.4 Å². The van der Waals surface area contributed by atoms with Gasteiger partial charge in [0.1, 0.15) is 5.82 Å². The molecule has 0 aliphatic carbocycles. The zero-order valence-electron chi connectivity index (χ0n) is 18.6. The topological polar surface area (TPSA) is 118 Å². The molecule has 170 valence electrons.